The Labute approximate surface area is 103 Å². The first kappa shape index (κ1) is 13.6. The highest BCUT2D eigenvalue weighted by molar-refractivity contribution is 5.71. The molecule has 0 N–H and O–H groups in total. The number of methoxy groups -OCH3 is 1. The molecule has 0 heterocycles. The molecular weight excluding hydrogens is 216 g/mol. The van der Waals surface area contributed by atoms with Gasteiger partial charge in [-0.05, 0) is 37.5 Å². The fourth-order valence-electron chi connectivity index (χ4n) is 1.86. The summed E-state index contributed by atoms with van der Waals surface area (Å²) < 4.78 is 10.7. The van der Waals surface area contributed by atoms with Crippen LogP contribution in [0.25, 0.3) is 0 Å². The summed E-state index contributed by atoms with van der Waals surface area (Å²) in [7, 11) is 1.64. The van der Waals surface area contributed by atoms with Gasteiger partial charge in [-0.2, -0.15) is 0 Å². The maximum absolute atomic E-state index is 11.2. The lowest BCUT2D eigenvalue weighted by molar-refractivity contribution is -0.132. The van der Waals surface area contributed by atoms with E-state index in [1.807, 2.05) is 19.9 Å². The summed E-state index contributed by atoms with van der Waals surface area (Å²) in [6.45, 7) is 7.46. The SMILES string of the molecule is CCCc1c(OC)cc(C)c(C)c1OC(C)=O. The molecule has 0 radical (unpaired) electrons. The third kappa shape index (κ3) is 2.99. The van der Waals surface area contributed by atoms with Gasteiger partial charge in [-0.1, -0.05) is 13.3 Å². The maximum atomic E-state index is 11.2. The summed E-state index contributed by atoms with van der Waals surface area (Å²) >= 11 is 0. The van der Waals surface area contributed by atoms with E-state index in [0.29, 0.717) is 5.75 Å². The Bertz CT molecular complexity index is 422. The van der Waals surface area contributed by atoms with Gasteiger partial charge in [-0.15, -0.1) is 0 Å². The second kappa shape index (κ2) is 5.71. The molecule has 0 aromatic heterocycles. The Kier molecular flexibility index (Phi) is 4.55. The second-order valence-electron chi connectivity index (χ2n) is 4.17. The fourth-order valence-corrected chi connectivity index (χ4v) is 1.86. The third-order valence-electron chi connectivity index (χ3n) is 2.82. The molecule has 0 saturated carbocycles. The van der Waals surface area contributed by atoms with Crippen LogP contribution in [0, 0.1) is 13.8 Å². The van der Waals surface area contributed by atoms with Crippen molar-refractivity contribution >= 4 is 5.97 Å². The van der Waals surface area contributed by atoms with Gasteiger partial charge in [0.25, 0.3) is 0 Å². The van der Waals surface area contributed by atoms with Gasteiger partial charge < -0.3 is 9.47 Å². The van der Waals surface area contributed by atoms with Crippen LogP contribution in [-0.4, -0.2) is 13.1 Å². The summed E-state index contributed by atoms with van der Waals surface area (Å²) in [4.78, 5) is 11.2. The highest BCUT2D eigenvalue weighted by Crippen LogP contribution is 2.35. The highest BCUT2D eigenvalue weighted by Gasteiger charge is 2.16. The molecule has 0 spiro atoms. The summed E-state index contributed by atoms with van der Waals surface area (Å²) in [6, 6.07) is 1.99. The Hall–Kier alpha value is -1.51. The van der Waals surface area contributed by atoms with Gasteiger partial charge in [-0.25, -0.2) is 0 Å². The van der Waals surface area contributed by atoms with E-state index in [-0.39, 0.29) is 5.97 Å². The van der Waals surface area contributed by atoms with Gasteiger partial charge >= 0.3 is 5.97 Å². The van der Waals surface area contributed by atoms with Crippen LogP contribution in [-0.2, 0) is 11.2 Å². The first-order valence-corrected chi connectivity index (χ1v) is 5.86. The van der Waals surface area contributed by atoms with Crippen molar-refractivity contribution in [2.75, 3.05) is 7.11 Å². The van der Waals surface area contributed by atoms with Crippen LogP contribution in [0.5, 0.6) is 11.5 Å². The van der Waals surface area contributed by atoms with Gasteiger partial charge in [0.15, 0.2) is 0 Å². The van der Waals surface area contributed by atoms with E-state index >= 15 is 0 Å². The number of carbonyl (C=O) groups is 1. The van der Waals surface area contributed by atoms with E-state index in [1.54, 1.807) is 7.11 Å². The van der Waals surface area contributed by atoms with Crippen LogP contribution in [0.15, 0.2) is 6.07 Å². The van der Waals surface area contributed by atoms with E-state index in [1.165, 1.54) is 6.92 Å². The Morgan fingerprint density at radius 3 is 2.47 bits per heavy atom. The zero-order valence-electron chi connectivity index (χ0n) is 11.2. The van der Waals surface area contributed by atoms with Gasteiger partial charge in [0, 0.05) is 12.5 Å². The standard InChI is InChI=1S/C14H20O3/c1-6-7-12-13(16-5)8-9(2)10(3)14(12)17-11(4)15/h8H,6-7H2,1-5H3. The zero-order chi connectivity index (χ0) is 13.0. The number of carbonyl (C=O) groups excluding carboxylic acids is 1. The quantitative estimate of drug-likeness (QED) is 0.595. The number of benzene rings is 1. The maximum Gasteiger partial charge on any atom is 0.308 e. The molecule has 1 aromatic carbocycles. The predicted molar refractivity (Wildman–Crippen MR) is 67.8 cm³/mol. The molecule has 0 unspecified atom stereocenters. The smallest absolute Gasteiger partial charge is 0.308 e. The molecule has 17 heavy (non-hydrogen) atoms. The van der Waals surface area contributed by atoms with Crippen LogP contribution >= 0.6 is 0 Å². The topological polar surface area (TPSA) is 35.5 Å². The van der Waals surface area contributed by atoms with E-state index in [4.69, 9.17) is 9.47 Å². The number of rotatable bonds is 4. The minimum Gasteiger partial charge on any atom is -0.496 e. The average molecular weight is 236 g/mol. The molecule has 0 fully saturated rings. The van der Waals surface area contributed by atoms with Crippen LogP contribution in [0.1, 0.15) is 37.0 Å². The van der Waals surface area contributed by atoms with Gasteiger partial charge in [0.05, 0.1) is 7.11 Å². The number of aryl methyl sites for hydroxylation is 1. The van der Waals surface area contributed by atoms with Crippen LogP contribution in [0.3, 0.4) is 0 Å². The van der Waals surface area contributed by atoms with Crippen molar-refractivity contribution in [1.29, 1.82) is 0 Å². The van der Waals surface area contributed by atoms with Gasteiger partial charge in [0.1, 0.15) is 11.5 Å². The highest BCUT2D eigenvalue weighted by atomic mass is 16.5. The summed E-state index contributed by atoms with van der Waals surface area (Å²) in [5, 5.41) is 0. The zero-order valence-corrected chi connectivity index (χ0v) is 11.2. The molecule has 3 heteroatoms. The summed E-state index contributed by atoms with van der Waals surface area (Å²) in [6.07, 6.45) is 1.82. The summed E-state index contributed by atoms with van der Waals surface area (Å²) in [5.41, 5.74) is 3.05. The number of ether oxygens (including phenoxy) is 2. The van der Waals surface area contributed by atoms with Crippen LogP contribution in [0.2, 0.25) is 0 Å². The lowest BCUT2D eigenvalue weighted by Gasteiger charge is -2.17. The van der Waals surface area contributed by atoms with Crippen molar-refractivity contribution in [3.8, 4) is 11.5 Å². The average Bonchev–Trinajstić information content (AvgIpc) is 2.28. The summed E-state index contributed by atoms with van der Waals surface area (Å²) in [5.74, 6) is 1.17. The third-order valence-corrected chi connectivity index (χ3v) is 2.82. The fraction of sp³-hybridized carbons (Fsp3) is 0.500. The van der Waals surface area contributed by atoms with Crippen molar-refractivity contribution < 1.29 is 14.3 Å². The Morgan fingerprint density at radius 2 is 2.00 bits per heavy atom. The van der Waals surface area contributed by atoms with Crippen molar-refractivity contribution in [3.05, 3.63) is 22.8 Å². The van der Waals surface area contributed by atoms with Gasteiger partial charge in [0.2, 0.25) is 0 Å². The van der Waals surface area contributed by atoms with Crippen molar-refractivity contribution in [1.82, 2.24) is 0 Å². The Balaban J connectivity index is 3.38. The minimum atomic E-state index is -0.293. The first-order chi connectivity index (χ1) is 8.01. The van der Waals surface area contributed by atoms with E-state index in [2.05, 4.69) is 6.92 Å². The predicted octanol–water partition coefficient (Wildman–Crippen LogP) is 3.19. The first-order valence-electron chi connectivity index (χ1n) is 5.86. The van der Waals surface area contributed by atoms with Crippen molar-refractivity contribution in [2.45, 2.75) is 40.5 Å². The van der Waals surface area contributed by atoms with Gasteiger partial charge in [-0.3, -0.25) is 4.79 Å². The molecule has 94 valence electrons. The molecule has 0 aliphatic carbocycles. The molecule has 3 nitrogen and oxygen atoms in total. The molecular formula is C14H20O3. The number of hydrogen-bond acceptors (Lipinski definition) is 3. The van der Waals surface area contributed by atoms with Crippen molar-refractivity contribution in [3.63, 3.8) is 0 Å². The molecule has 1 aromatic rings. The monoisotopic (exact) mass is 236 g/mol. The second-order valence-corrected chi connectivity index (χ2v) is 4.17. The number of esters is 1. The molecule has 0 saturated heterocycles. The van der Waals surface area contributed by atoms with E-state index in [0.717, 1.165) is 35.3 Å². The van der Waals surface area contributed by atoms with E-state index < -0.39 is 0 Å². The lowest BCUT2D eigenvalue weighted by Crippen LogP contribution is -2.08. The lowest BCUT2D eigenvalue weighted by atomic mass is 10.00. The molecule has 0 aliphatic heterocycles. The Morgan fingerprint density at radius 1 is 1.35 bits per heavy atom. The minimum absolute atomic E-state index is 0.293. The number of hydrogen-bond donors (Lipinski definition) is 0. The van der Waals surface area contributed by atoms with Crippen LogP contribution in [0.4, 0.5) is 0 Å². The molecule has 1 rings (SSSR count). The molecule has 0 aliphatic rings. The van der Waals surface area contributed by atoms with Crippen molar-refractivity contribution in [2.24, 2.45) is 0 Å². The normalized spacial score (nSPS) is 10.2. The largest absolute Gasteiger partial charge is 0.496 e. The molecule has 0 atom stereocenters. The van der Waals surface area contributed by atoms with E-state index in [9.17, 15) is 4.79 Å². The molecule has 0 bridgehead atoms. The van der Waals surface area contributed by atoms with Crippen LogP contribution < -0.4 is 9.47 Å². The molecule has 0 amide bonds.